The van der Waals surface area contributed by atoms with Gasteiger partial charge in [-0.3, -0.25) is 4.79 Å². The van der Waals surface area contributed by atoms with Crippen molar-refractivity contribution in [3.05, 3.63) is 59.9 Å². The minimum atomic E-state index is -0.195. The molecule has 2 aromatic rings. The second kappa shape index (κ2) is 5.91. The van der Waals surface area contributed by atoms with Gasteiger partial charge in [0.25, 0.3) is 5.91 Å². The van der Waals surface area contributed by atoms with Crippen molar-refractivity contribution < 1.29 is 9.36 Å². The number of anilines is 1. The van der Waals surface area contributed by atoms with E-state index >= 15 is 0 Å². The van der Waals surface area contributed by atoms with Gasteiger partial charge in [0, 0.05) is 30.8 Å². The second-order valence-corrected chi connectivity index (χ2v) is 6.07. The Kier molecular flexibility index (Phi) is 3.97. The van der Waals surface area contributed by atoms with Gasteiger partial charge in [0.2, 0.25) is 6.04 Å². The normalized spacial score (nSPS) is 18.1. The van der Waals surface area contributed by atoms with Crippen molar-refractivity contribution in [1.29, 1.82) is 0 Å². The van der Waals surface area contributed by atoms with E-state index in [2.05, 4.69) is 32.0 Å². The number of benzene rings is 1. The molecule has 1 aromatic carbocycles. The summed E-state index contributed by atoms with van der Waals surface area (Å²) < 4.78 is 2.00. The summed E-state index contributed by atoms with van der Waals surface area (Å²) >= 11 is 0. The lowest BCUT2D eigenvalue weighted by Crippen LogP contribution is -2.49. The van der Waals surface area contributed by atoms with Crippen molar-refractivity contribution in [3.63, 3.8) is 0 Å². The Morgan fingerprint density at radius 3 is 2.64 bits per heavy atom. The standard InChI is InChI=1S/C19H23N2O/c1-4-16-9-11-20(12-10-16)15(3)19(22)21-14(2)13-17-7-5-6-8-18(17)21/h5-12,14-15H,4,13H2,1-3H3/q+1/t14-,15+/m0/s1. The van der Waals surface area contributed by atoms with Crippen LogP contribution in [-0.2, 0) is 17.6 Å². The Morgan fingerprint density at radius 1 is 1.27 bits per heavy atom. The number of aryl methyl sites for hydroxylation is 1. The molecule has 0 saturated heterocycles. The fourth-order valence-corrected chi connectivity index (χ4v) is 3.19. The third-order valence-electron chi connectivity index (χ3n) is 4.58. The monoisotopic (exact) mass is 295 g/mol. The van der Waals surface area contributed by atoms with E-state index in [1.807, 2.05) is 47.0 Å². The lowest BCUT2D eigenvalue weighted by Gasteiger charge is -2.23. The highest BCUT2D eigenvalue weighted by Gasteiger charge is 2.36. The Bertz CT molecular complexity index is 678. The first-order valence-corrected chi connectivity index (χ1v) is 8.02. The van der Waals surface area contributed by atoms with Gasteiger partial charge in [0.15, 0.2) is 12.4 Å². The van der Waals surface area contributed by atoms with Crippen LogP contribution in [0.1, 0.15) is 37.9 Å². The molecule has 0 unspecified atom stereocenters. The van der Waals surface area contributed by atoms with E-state index in [4.69, 9.17) is 0 Å². The van der Waals surface area contributed by atoms with Crippen LogP contribution < -0.4 is 9.47 Å². The molecule has 114 valence electrons. The number of rotatable bonds is 3. The summed E-state index contributed by atoms with van der Waals surface area (Å²) in [5.74, 6) is 0.159. The van der Waals surface area contributed by atoms with E-state index in [-0.39, 0.29) is 18.0 Å². The first-order valence-electron chi connectivity index (χ1n) is 8.02. The predicted molar refractivity (Wildman–Crippen MR) is 87.8 cm³/mol. The van der Waals surface area contributed by atoms with Crippen molar-refractivity contribution >= 4 is 11.6 Å². The summed E-state index contributed by atoms with van der Waals surface area (Å²) in [6.07, 6.45) is 5.97. The number of carbonyl (C=O) groups is 1. The van der Waals surface area contributed by atoms with Crippen molar-refractivity contribution in [2.24, 2.45) is 0 Å². The first kappa shape index (κ1) is 14.8. The zero-order chi connectivity index (χ0) is 15.7. The van der Waals surface area contributed by atoms with E-state index < -0.39 is 0 Å². The highest BCUT2D eigenvalue weighted by molar-refractivity contribution is 5.97. The van der Waals surface area contributed by atoms with E-state index in [9.17, 15) is 4.79 Å². The number of amides is 1. The fourth-order valence-electron chi connectivity index (χ4n) is 3.19. The molecule has 2 heterocycles. The van der Waals surface area contributed by atoms with Gasteiger partial charge in [-0.15, -0.1) is 0 Å². The van der Waals surface area contributed by atoms with Gasteiger partial charge < -0.3 is 4.90 Å². The van der Waals surface area contributed by atoms with Gasteiger partial charge in [0.1, 0.15) is 0 Å². The molecule has 0 bridgehead atoms. The average Bonchev–Trinajstić information content (AvgIpc) is 2.89. The molecule has 0 aliphatic carbocycles. The lowest BCUT2D eigenvalue weighted by atomic mass is 10.1. The van der Waals surface area contributed by atoms with Gasteiger partial charge in [0.05, 0.1) is 0 Å². The van der Waals surface area contributed by atoms with Crippen molar-refractivity contribution in [1.82, 2.24) is 0 Å². The molecule has 0 saturated carbocycles. The number of nitrogens with zero attached hydrogens (tertiary/aromatic N) is 2. The molecule has 3 heteroatoms. The molecule has 1 aromatic heterocycles. The van der Waals surface area contributed by atoms with Gasteiger partial charge in [-0.05, 0) is 37.0 Å². The Labute approximate surface area is 132 Å². The molecule has 0 radical (unpaired) electrons. The van der Waals surface area contributed by atoms with Crippen molar-refractivity contribution in [2.75, 3.05) is 4.90 Å². The first-order chi connectivity index (χ1) is 10.6. The molecule has 1 aliphatic rings. The molecule has 3 nitrogen and oxygen atoms in total. The fraction of sp³-hybridized carbons (Fsp3) is 0.368. The summed E-state index contributed by atoms with van der Waals surface area (Å²) in [6, 6.07) is 12.4. The number of hydrogen-bond donors (Lipinski definition) is 0. The number of para-hydroxylation sites is 1. The van der Waals surface area contributed by atoms with Crippen LogP contribution in [-0.4, -0.2) is 11.9 Å². The molecular formula is C19H23N2O+. The Morgan fingerprint density at radius 2 is 1.95 bits per heavy atom. The zero-order valence-electron chi connectivity index (χ0n) is 13.5. The van der Waals surface area contributed by atoms with E-state index in [0.29, 0.717) is 0 Å². The van der Waals surface area contributed by atoms with E-state index in [0.717, 1.165) is 18.5 Å². The van der Waals surface area contributed by atoms with E-state index in [1.165, 1.54) is 11.1 Å². The summed E-state index contributed by atoms with van der Waals surface area (Å²) in [4.78, 5) is 14.9. The lowest BCUT2D eigenvalue weighted by molar-refractivity contribution is -0.705. The van der Waals surface area contributed by atoms with Gasteiger partial charge >= 0.3 is 0 Å². The predicted octanol–water partition coefficient (Wildman–Crippen LogP) is 3.08. The quantitative estimate of drug-likeness (QED) is 0.799. The SMILES string of the molecule is CCc1cc[n+]([C@H](C)C(=O)N2c3ccccc3C[C@@H]2C)cc1. The minimum absolute atomic E-state index is 0.159. The molecule has 1 aliphatic heterocycles. The number of fused-ring (bicyclic) bond motifs is 1. The number of carbonyl (C=O) groups excluding carboxylic acids is 1. The van der Waals surface area contributed by atoms with Crippen LogP contribution in [0, 0.1) is 0 Å². The molecule has 22 heavy (non-hydrogen) atoms. The van der Waals surface area contributed by atoms with Crippen LogP contribution in [0.15, 0.2) is 48.8 Å². The molecule has 2 atom stereocenters. The Hall–Kier alpha value is -2.16. The maximum absolute atomic E-state index is 13.0. The zero-order valence-corrected chi connectivity index (χ0v) is 13.5. The third kappa shape index (κ3) is 2.52. The van der Waals surface area contributed by atoms with Gasteiger partial charge in [-0.25, -0.2) is 0 Å². The maximum Gasteiger partial charge on any atom is 0.296 e. The molecule has 0 fully saturated rings. The molecule has 1 amide bonds. The average molecular weight is 295 g/mol. The smallest absolute Gasteiger partial charge is 0.296 e. The van der Waals surface area contributed by atoms with Crippen LogP contribution in [0.25, 0.3) is 0 Å². The minimum Gasteiger partial charge on any atom is -0.303 e. The molecule has 3 rings (SSSR count). The van der Waals surface area contributed by atoms with Crippen LogP contribution >= 0.6 is 0 Å². The highest BCUT2D eigenvalue weighted by atomic mass is 16.2. The van der Waals surface area contributed by atoms with Gasteiger partial charge in [-0.1, -0.05) is 25.1 Å². The van der Waals surface area contributed by atoms with Crippen LogP contribution in [0.4, 0.5) is 5.69 Å². The molecular weight excluding hydrogens is 272 g/mol. The highest BCUT2D eigenvalue weighted by Crippen LogP contribution is 2.32. The third-order valence-corrected chi connectivity index (χ3v) is 4.58. The second-order valence-electron chi connectivity index (χ2n) is 6.07. The summed E-state index contributed by atoms with van der Waals surface area (Å²) in [7, 11) is 0. The summed E-state index contributed by atoms with van der Waals surface area (Å²) in [6.45, 7) is 6.23. The molecule has 0 spiro atoms. The van der Waals surface area contributed by atoms with Crippen LogP contribution in [0.2, 0.25) is 0 Å². The number of hydrogen-bond acceptors (Lipinski definition) is 1. The van der Waals surface area contributed by atoms with Gasteiger partial charge in [-0.2, -0.15) is 4.57 Å². The van der Waals surface area contributed by atoms with Crippen LogP contribution in [0.3, 0.4) is 0 Å². The van der Waals surface area contributed by atoms with Crippen molar-refractivity contribution in [2.45, 2.75) is 45.7 Å². The topological polar surface area (TPSA) is 24.2 Å². The maximum atomic E-state index is 13.0. The van der Waals surface area contributed by atoms with E-state index in [1.54, 1.807) is 0 Å². The van der Waals surface area contributed by atoms with Crippen molar-refractivity contribution in [3.8, 4) is 0 Å². The summed E-state index contributed by atoms with van der Waals surface area (Å²) in [5, 5.41) is 0. The number of pyridine rings is 1. The van der Waals surface area contributed by atoms with Crippen LogP contribution in [0.5, 0.6) is 0 Å². The number of aromatic nitrogens is 1. The molecule has 0 N–H and O–H groups in total. The largest absolute Gasteiger partial charge is 0.303 e. The summed E-state index contributed by atoms with van der Waals surface area (Å²) in [5.41, 5.74) is 3.62. The Balaban J connectivity index is 1.86.